The van der Waals surface area contributed by atoms with Crippen LogP contribution in [-0.4, -0.2) is 35.8 Å². The number of hydrogen-bond donors (Lipinski definition) is 0. The van der Waals surface area contributed by atoms with Crippen LogP contribution in [0.3, 0.4) is 0 Å². The Labute approximate surface area is 144 Å². The molecule has 1 aliphatic rings. The van der Waals surface area contributed by atoms with Gasteiger partial charge in [-0.3, -0.25) is 14.5 Å². The molecule has 0 spiro atoms. The lowest BCUT2D eigenvalue weighted by atomic mass is 10.1. The summed E-state index contributed by atoms with van der Waals surface area (Å²) < 4.78 is 18.1. The number of unbranched alkanes of at least 4 members (excludes halogenated alkanes) is 1. The summed E-state index contributed by atoms with van der Waals surface area (Å²) in [6, 6.07) is 12.0. The highest BCUT2D eigenvalue weighted by molar-refractivity contribution is 6.21. The van der Waals surface area contributed by atoms with Crippen molar-refractivity contribution in [2.45, 2.75) is 12.8 Å². The lowest BCUT2D eigenvalue weighted by Gasteiger charge is -2.13. The number of nitrogens with zero attached hydrogens (tertiary/aromatic N) is 1. The molecule has 0 N–H and O–H groups in total. The van der Waals surface area contributed by atoms with Crippen molar-refractivity contribution in [2.24, 2.45) is 0 Å². The Balaban J connectivity index is 1.44. The average molecular weight is 341 g/mol. The van der Waals surface area contributed by atoms with Crippen molar-refractivity contribution >= 4 is 17.8 Å². The minimum atomic E-state index is -0.597. The molecule has 2 aromatic carbocycles. The van der Waals surface area contributed by atoms with Crippen LogP contribution in [0.2, 0.25) is 0 Å². The Hall–Kier alpha value is -3.02. The fourth-order valence-electron chi connectivity index (χ4n) is 2.68. The molecule has 128 valence electrons. The van der Waals surface area contributed by atoms with Crippen molar-refractivity contribution in [1.29, 1.82) is 0 Å². The van der Waals surface area contributed by atoms with Crippen LogP contribution in [0.15, 0.2) is 48.5 Å². The van der Waals surface area contributed by atoms with Crippen LogP contribution >= 0.6 is 0 Å². The maximum absolute atomic E-state index is 13.1. The molecule has 0 fully saturated rings. The van der Waals surface area contributed by atoms with Gasteiger partial charge in [-0.15, -0.1) is 0 Å². The molecule has 3 rings (SSSR count). The summed E-state index contributed by atoms with van der Waals surface area (Å²) in [4.78, 5) is 37.3. The SMILES string of the molecule is O=C(OCCCCN1C(=O)c2ccccc2C1=O)c1cccc(F)c1. The summed E-state index contributed by atoms with van der Waals surface area (Å²) in [5, 5.41) is 0. The smallest absolute Gasteiger partial charge is 0.338 e. The second-order valence-electron chi connectivity index (χ2n) is 5.66. The standard InChI is InChI=1S/C19H16FNO4/c20-14-7-5-6-13(12-14)19(24)25-11-4-3-10-21-17(22)15-8-1-2-9-16(15)18(21)23/h1-2,5-9,12H,3-4,10-11H2. The highest BCUT2D eigenvalue weighted by Crippen LogP contribution is 2.22. The summed E-state index contributed by atoms with van der Waals surface area (Å²) in [5.41, 5.74) is 0.996. The number of benzene rings is 2. The number of halogens is 1. The first-order valence-corrected chi connectivity index (χ1v) is 7.96. The van der Waals surface area contributed by atoms with Crippen LogP contribution in [0.4, 0.5) is 4.39 Å². The van der Waals surface area contributed by atoms with Crippen molar-refractivity contribution < 1.29 is 23.5 Å². The zero-order valence-corrected chi connectivity index (χ0v) is 13.4. The van der Waals surface area contributed by atoms with Crippen molar-refractivity contribution in [3.05, 3.63) is 71.0 Å². The first-order valence-electron chi connectivity index (χ1n) is 7.96. The van der Waals surface area contributed by atoms with E-state index in [1.807, 2.05) is 0 Å². The van der Waals surface area contributed by atoms with Gasteiger partial charge < -0.3 is 4.74 Å². The fraction of sp³-hybridized carbons (Fsp3) is 0.211. The van der Waals surface area contributed by atoms with Gasteiger partial charge >= 0.3 is 5.97 Å². The van der Waals surface area contributed by atoms with E-state index in [1.165, 1.54) is 23.1 Å². The summed E-state index contributed by atoms with van der Waals surface area (Å²) in [6.07, 6.45) is 1.01. The second kappa shape index (κ2) is 7.25. The molecule has 1 aliphatic heterocycles. The van der Waals surface area contributed by atoms with Gasteiger partial charge in [-0.25, -0.2) is 9.18 Å². The van der Waals surface area contributed by atoms with Crippen LogP contribution in [0, 0.1) is 5.82 Å². The number of imide groups is 1. The highest BCUT2D eigenvalue weighted by Gasteiger charge is 2.34. The Morgan fingerprint density at radius 3 is 2.28 bits per heavy atom. The van der Waals surface area contributed by atoms with Crippen LogP contribution in [0.5, 0.6) is 0 Å². The molecular formula is C19H16FNO4. The van der Waals surface area contributed by atoms with Gasteiger partial charge in [-0.05, 0) is 43.2 Å². The van der Waals surface area contributed by atoms with Crippen LogP contribution in [0.25, 0.3) is 0 Å². The molecule has 0 saturated heterocycles. The van der Waals surface area contributed by atoms with E-state index < -0.39 is 11.8 Å². The molecule has 6 heteroatoms. The Bertz CT molecular complexity index is 799. The second-order valence-corrected chi connectivity index (χ2v) is 5.66. The monoisotopic (exact) mass is 341 g/mol. The number of esters is 1. The third-order valence-corrected chi connectivity index (χ3v) is 3.95. The zero-order chi connectivity index (χ0) is 17.8. The molecule has 0 saturated carbocycles. The van der Waals surface area contributed by atoms with E-state index in [1.54, 1.807) is 24.3 Å². The number of carbonyl (C=O) groups is 3. The summed E-state index contributed by atoms with van der Waals surface area (Å²) in [7, 11) is 0. The predicted molar refractivity (Wildman–Crippen MR) is 87.7 cm³/mol. The number of amides is 2. The molecule has 2 aromatic rings. The lowest BCUT2D eigenvalue weighted by Crippen LogP contribution is -2.30. The molecule has 0 radical (unpaired) electrons. The highest BCUT2D eigenvalue weighted by atomic mass is 19.1. The minimum Gasteiger partial charge on any atom is -0.462 e. The number of ether oxygens (including phenoxy) is 1. The summed E-state index contributed by atoms with van der Waals surface area (Å²) in [6.45, 7) is 0.405. The molecule has 0 aliphatic carbocycles. The third kappa shape index (κ3) is 3.57. The molecule has 0 aromatic heterocycles. The van der Waals surface area contributed by atoms with Crippen molar-refractivity contribution in [2.75, 3.05) is 13.2 Å². The molecular weight excluding hydrogens is 325 g/mol. The number of rotatable bonds is 6. The first kappa shape index (κ1) is 16.8. The largest absolute Gasteiger partial charge is 0.462 e. The van der Waals surface area contributed by atoms with Crippen LogP contribution in [0.1, 0.15) is 43.9 Å². The number of carbonyl (C=O) groups excluding carboxylic acids is 3. The number of fused-ring (bicyclic) bond motifs is 1. The van der Waals surface area contributed by atoms with Gasteiger partial charge in [0.15, 0.2) is 0 Å². The van der Waals surface area contributed by atoms with E-state index in [9.17, 15) is 18.8 Å². The Kier molecular flexibility index (Phi) is 4.88. The summed E-state index contributed by atoms with van der Waals surface area (Å²) >= 11 is 0. The quantitative estimate of drug-likeness (QED) is 0.460. The van der Waals surface area contributed by atoms with Crippen LogP contribution in [-0.2, 0) is 4.74 Å². The van der Waals surface area contributed by atoms with Gasteiger partial charge in [0, 0.05) is 6.54 Å². The molecule has 5 nitrogen and oxygen atoms in total. The zero-order valence-electron chi connectivity index (χ0n) is 13.4. The van der Waals surface area contributed by atoms with E-state index in [2.05, 4.69) is 0 Å². The van der Waals surface area contributed by atoms with Gasteiger partial charge in [0.25, 0.3) is 11.8 Å². The van der Waals surface area contributed by atoms with Gasteiger partial charge in [0.2, 0.25) is 0 Å². The minimum absolute atomic E-state index is 0.137. The Morgan fingerprint density at radius 1 is 0.960 bits per heavy atom. The van der Waals surface area contributed by atoms with Gasteiger partial charge in [-0.2, -0.15) is 0 Å². The Morgan fingerprint density at radius 2 is 1.64 bits per heavy atom. The molecule has 1 heterocycles. The van der Waals surface area contributed by atoms with Crippen molar-refractivity contribution in [1.82, 2.24) is 4.90 Å². The molecule has 0 atom stereocenters. The third-order valence-electron chi connectivity index (χ3n) is 3.95. The molecule has 0 unspecified atom stereocenters. The fourth-order valence-corrected chi connectivity index (χ4v) is 2.68. The number of hydrogen-bond acceptors (Lipinski definition) is 4. The molecule has 2 amide bonds. The van der Waals surface area contributed by atoms with Crippen LogP contribution < -0.4 is 0 Å². The van der Waals surface area contributed by atoms with Gasteiger partial charge in [-0.1, -0.05) is 18.2 Å². The topological polar surface area (TPSA) is 63.7 Å². The summed E-state index contributed by atoms with van der Waals surface area (Å²) in [5.74, 6) is -1.69. The van der Waals surface area contributed by atoms with Gasteiger partial charge in [0.1, 0.15) is 5.82 Å². The molecule has 0 bridgehead atoms. The maximum atomic E-state index is 13.1. The van der Waals surface area contributed by atoms with E-state index in [4.69, 9.17) is 4.74 Å². The average Bonchev–Trinajstić information content (AvgIpc) is 2.86. The predicted octanol–water partition coefficient (Wildman–Crippen LogP) is 3.06. The van der Waals surface area contributed by atoms with Gasteiger partial charge in [0.05, 0.1) is 23.3 Å². The van der Waals surface area contributed by atoms with E-state index in [-0.39, 0.29) is 30.5 Å². The van der Waals surface area contributed by atoms with E-state index in [0.29, 0.717) is 24.0 Å². The van der Waals surface area contributed by atoms with Crippen molar-refractivity contribution in [3.8, 4) is 0 Å². The molecule has 25 heavy (non-hydrogen) atoms. The maximum Gasteiger partial charge on any atom is 0.338 e. The van der Waals surface area contributed by atoms with E-state index >= 15 is 0 Å². The van der Waals surface area contributed by atoms with E-state index in [0.717, 1.165) is 6.07 Å². The first-order chi connectivity index (χ1) is 12.1. The normalized spacial score (nSPS) is 13.1. The lowest BCUT2D eigenvalue weighted by molar-refractivity contribution is 0.0485. The van der Waals surface area contributed by atoms with Crippen molar-refractivity contribution in [3.63, 3.8) is 0 Å².